The normalized spacial score (nSPS) is 12.3. The minimum absolute atomic E-state index is 0.523. The molecule has 0 rings (SSSR count). The zero-order valence-corrected chi connectivity index (χ0v) is 6.77. The molecule has 0 atom stereocenters. The lowest BCUT2D eigenvalue weighted by molar-refractivity contribution is 0.199. The van der Waals surface area contributed by atoms with Crippen molar-refractivity contribution in [1.82, 2.24) is 0 Å². The quantitative estimate of drug-likeness (QED) is 0.531. The average Bonchev–Trinajstić information content (AvgIpc) is 1.82. The van der Waals surface area contributed by atoms with Crippen LogP contribution in [0.2, 0.25) is 0 Å². The van der Waals surface area contributed by atoms with Gasteiger partial charge in [-0.05, 0) is 19.9 Å². The van der Waals surface area contributed by atoms with Gasteiger partial charge in [-0.1, -0.05) is 13.8 Å². The summed E-state index contributed by atoms with van der Waals surface area (Å²) in [5.74, 6) is 1.62. The lowest BCUT2D eigenvalue weighted by Gasteiger charge is -2.10. The smallest absolute Gasteiger partial charge is 0.0942 e. The van der Waals surface area contributed by atoms with Crippen molar-refractivity contribution in [3.8, 4) is 0 Å². The van der Waals surface area contributed by atoms with E-state index in [2.05, 4.69) is 13.8 Å². The second-order valence-corrected chi connectivity index (χ2v) is 2.28. The van der Waals surface area contributed by atoms with Crippen LogP contribution >= 0.6 is 0 Å². The Morgan fingerprint density at radius 3 is 2.22 bits per heavy atom. The van der Waals surface area contributed by atoms with Crippen molar-refractivity contribution in [2.45, 2.75) is 27.7 Å². The number of hydrogen-bond donors (Lipinski definition) is 0. The van der Waals surface area contributed by atoms with E-state index in [1.165, 1.54) is 0 Å². The highest BCUT2D eigenvalue weighted by molar-refractivity contribution is 4.93. The summed E-state index contributed by atoms with van der Waals surface area (Å²) in [6.45, 7) is 9.05. The fraction of sp³-hybridized carbons (Fsp3) is 0.750. The van der Waals surface area contributed by atoms with Crippen LogP contribution in [0.5, 0.6) is 0 Å². The maximum absolute atomic E-state index is 5.31. The Kier molecular flexibility index (Phi) is 4.20. The number of ether oxygens (including phenoxy) is 1. The molecule has 9 heavy (non-hydrogen) atoms. The molecule has 0 saturated heterocycles. The standard InChI is InChI=1S/C8H16O/c1-5-8(7(3)4)9-6-2/h5,7H,6H2,1-4H3/b8-5+. The topological polar surface area (TPSA) is 9.23 Å². The average molecular weight is 128 g/mol. The highest BCUT2D eigenvalue weighted by atomic mass is 16.5. The summed E-state index contributed by atoms with van der Waals surface area (Å²) in [6, 6.07) is 0. The third-order valence-electron chi connectivity index (χ3n) is 1.16. The minimum Gasteiger partial charge on any atom is -0.498 e. The molecular formula is C8H16O. The second kappa shape index (κ2) is 4.42. The molecule has 0 amide bonds. The summed E-state index contributed by atoms with van der Waals surface area (Å²) >= 11 is 0. The Labute approximate surface area is 57.7 Å². The second-order valence-electron chi connectivity index (χ2n) is 2.28. The largest absolute Gasteiger partial charge is 0.498 e. The molecule has 0 N–H and O–H groups in total. The van der Waals surface area contributed by atoms with Crippen LogP contribution in [0.4, 0.5) is 0 Å². The molecule has 1 heteroatoms. The molecule has 54 valence electrons. The lowest BCUT2D eigenvalue weighted by atomic mass is 10.2. The van der Waals surface area contributed by atoms with Crippen LogP contribution in [0.25, 0.3) is 0 Å². The van der Waals surface area contributed by atoms with Gasteiger partial charge in [-0.3, -0.25) is 0 Å². The predicted molar refractivity (Wildman–Crippen MR) is 40.2 cm³/mol. The van der Waals surface area contributed by atoms with Gasteiger partial charge < -0.3 is 4.74 Å². The van der Waals surface area contributed by atoms with Gasteiger partial charge >= 0.3 is 0 Å². The summed E-state index contributed by atoms with van der Waals surface area (Å²) in [4.78, 5) is 0. The molecular weight excluding hydrogens is 112 g/mol. The first-order chi connectivity index (χ1) is 4.22. The molecule has 0 spiro atoms. The van der Waals surface area contributed by atoms with Crippen molar-refractivity contribution in [2.75, 3.05) is 6.61 Å². The van der Waals surface area contributed by atoms with E-state index in [4.69, 9.17) is 4.74 Å². The van der Waals surface area contributed by atoms with E-state index < -0.39 is 0 Å². The van der Waals surface area contributed by atoms with Crippen molar-refractivity contribution < 1.29 is 4.74 Å². The van der Waals surface area contributed by atoms with Crippen LogP contribution in [0.15, 0.2) is 11.8 Å². The zero-order chi connectivity index (χ0) is 7.28. The molecule has 0 aliphatic heterocycles. The van der Waals surface area contributed by atoms with Gasteiger partial charge in [-0.15, -0.1) is 0 Å². The highest BCUT2D eigenvalue weighted by Gasteiger charge is 1.99. The third-order valence-corrected chi connectivity index (χ3v) is 1.16. The van der Waals surface area contributed by atoms with Crippen molar-refractivity contribution in [3.63, 3.8) is 0 Å². The first-order valence-electron chi connectivity index (χ1n) is 3.51. The monoisotopic (exact) mass is 128 g/mol. The fourth-order valence-corrected chi connectivity index (χ4v) is 0.750. The van der Waals surface area contributed by atoms with Crippen LogP contribution in [0.1, 0.15) is 27.7 Å². The van der Waals surface area contributed by atoms with Crippen molar-refractivity contribution in [3.05, 3.63) is 11.8 Å². The van der Waals surface area contributed by atoms with Gasteiger partial charge in [0.05, 0.1) is 12.4 Å². The van der Waals surface area contributed by atoms with Crippen LogP contribution in [-0.4, -0.2) is 6.61 Å². The van der Waals surface area contributed by atoms with Crippen LogP contribution in [-0.2, 0) is 4.74 Å². The Hall–Kier alpha value is -0.460. The Morgan fingerprint density at radius 2 is 2.11 bits per heavy atom. The number of rotatable bonds is 3. The molecule has 0 unspecified atom stereocenters. The van der Waals surface area contributed by atoms with E-state index in [9.17, 15) is 0 Å². The fourth-order valence-electron chi connectivity index (χ4n) is 0.750. The first-order valence-corrected chi connectivity index (χ1v) is 3.51. The Bertz CT molecular complexity index is 92.7. The van der Waals surface area contributed by atoms with E-state index in [0.717, 1.165) is 12.4 Å². The van der Waals surface area contributed by atoms with Crippen LogP contribution in [0.3, 0.4) is 0 Å². The van der Waals surface area contributed by atoms with Crippen molar-refractivity contribution in [2.24, 2.45) is 5.92 Å². The van der Waals surface area contributed by atoms with Gasteiger partial charge in [0, 0.05) is 5.92 Å². The SMILES string of the molecule is C/C=C(/OCC)C(C)C. The molecule has 0 aliphatic rings. The van der Waals surface area contributed by atoms with Gasteiger partial charge in [0.25, 0.3) is 0 Å². The van der Waals surface area contributed by atoms with Gasteiger partial charge in [0.15, 0.2) is 0 Å². The maximum Gasteiger partial charge on any atom is 0.0942 e. The van der Waals surface area contributed by atoms with Gasteiger partial charge in [-0.2, -0.15) is 0 Å². The van der Waals surface area contributed by atoms with Gasteiger partial charge in [-0.25, -0.2) is 0 Å². The summed E-state index contributed by atoms with van der Waals surface area (Å²) < 4.78 is 5.31. The van der Waals surface area contributed by atoms with E-state index in [0.29, 0.717) is 5.92 Å². The van der Waals surface area contributed by atoms with Crippen molar-refractivity contribution in [1.29, 1.82) is 0 Å². The molecule has 0 aliphatic carbocycles. The highest BCUT2D eigenvalue weighted by Crippen LogP contribution is 2.09. The van der Waals surface area contributed by atoms with Crippen molar-refractivity contribution >= 4 is 0 Å². The molecule has 0 heterocycles. The summed E-state index contributed by atoms with van der Waals surface area (Å²) in [7, 11) is 0. The zero-order valence-electron chi connectivity index (χ0n) is 6.77. The van der Waals surface area contributed by atoms with Gasteiger partial charge in [0.1, 0.15) is 0 Å². The molecule has 0 bridgehead atoms. The molecule has 0 saturated carbocycles. The summed E-state index contributed by atoms with van der Waals surface area (Å²) in [5.41, 5.74) is 0. The molecule has 1 nitrogen and oxygen atoms in total. The number of allylic oxidation sites excluding steroid dienone is 2. The summed E-state index contributed by atoms with van der Waals surface area (Å²) in [5, 5.41) is 0. The summed E-state index contributed by atoms with van der Waals surface area (Å²) in [6.07, 6.45) is 2.02. The van der Waals surface area contributed by atoms with E-state index in [1.807, 2.05) is 19.9 Å². The Balaban J connectivity index is 3.70. The number of hydrogen-bond acceptors (Lipinski definition) is 1. The molecule has 0 radical (unpaired) electrons. The van der Waals surface area contributed by atoms with E-state index in [-0.39, 0.29) is 0 Å². The third kappa shape index (κ3) is 3.17. The van der Waals surface area contributed by atoms with Crippen LogP contribution in [0, 0.1) is 5.92 Å². The molecule has 0 aromatic heterocycles. The molecule has 0 fully saturated rings. The van der Waals surface area contributed by atoms with E-state index in [1.54, 1.807) is 0 Å². The first kappa shape index (κ1) is 8.54. The van der Waals surface area contributed by atoms with Crippen LogP contribution < -0.4 is 0 Å². The van der Waals surface area contributed by atoms with Gasteiger partial charge in [0.2, 0.25) is 0 Å². The maximum atomic E-state index is 5.31. The predicted octanol–water partition coefficient (Wildman–Crippen LogP) is 2.58. The Morgan fingerprint density at radius 1 is 1.56 bits per heavy atom. The molecule has 0 aromatic rings. The minimum atomic E-state index is 0.523. The molecule has 0 aromatic carbocycles. The lowest BCUT2D eigenvalue weighted by Crippen LogP contribution is -1.98. The van der Waals surface area contributed by atoms with E-state index >= 15 is 0 Å².